The molecule has 0 aromatic heterocycles. The van der Waals surface area contributed by atoms with E-state index in [0.717, 1.165) is 24.0 Å². The van der Waals surface area contributed by atoms with E-state index in [-0.39, 0.29) is 10.8 Å². The zero-order chi connectivity index (χ0) is 17.7. The van der Waals surface area contributed by atoms with Gasteiger partial charge in [0, 0.05) is 13.1 Å². The standard InChI is InChI=1S/C18H29NO4S/c1-5-6-9-23-17-12-15(4)16(14(2)3)13-18(17)24(20,21)19-7-10-22-11-8-19/h12-14H,5-11H2,1-4H3. The van der Waals surface area contributed by atoms with Crippen molar-refractivity contribution in [3.63, 3.8) is 0 Å². The van der Waals surface area contributed by atoms with E-state index in [1.54, 1.807) is 6.07 Å². The molecule has 1 heterocycles. The smallest absolute Gasteiger partial charge is 0.246 e. The van der Waals surface area contributed by atoms with E-state index < -0.39 is 10.0 Å². The van der Waals surface area contributed by atoms with Gasteiger partial charge in [-0.1, -0.05) is 27.2 Å². The summed E-state index contributed by atoms with van der Waals surface area (Å²) < 4.78 is 38.8. The molecule has 1 saturated heterocycles. The number of rotatable bonds is 7. The van der Waals surface area contributed by atoms with Crippen molar-refractivity contribution in [1.82, 2.24) is 4.31 Å². The molecule has 0 atom stereocenters. The van der Waals surface area contributed by atoms with Crippen LogP contribution in [-0.4, -0.2) is 45.6 Å². The average Bonchev–Trinajstić information content (AvgIpc) is 2.55. The molecule has 1 aromatic rings. The topological polar surface area (TPSA) is 55.8 Å². The van der Waals surface area contributed by atoms with Crippen molar-refractivity contribution in [2.45, 2.75) is 51.3 Å². The van der Waals surface area contributed by atoms with Gasteiger partial charge in [0.05, 0.1) is 19.8 Å². The molecule has 1 fully saturated rings. The summed E-state index contributed by atoms with van der Waals surface area (Å²) in [5, 5.41) is 0. The van der Waals surface area contributed by atoms with Gasteiger partial charge in [0.2, 0.25) is 10.0 Å². The minimum Gasteiger partial charge on any atom is -0.492 e. The molecule has 5 nitrogen and oxygen atoms in total. The fourth-order valence-corrected chi connectivity index (χ4v) is 4.42. The number of unbranched alkanes of at least 4 members (excludes halogenated alkanes) is 1. The molecule has 0 radical (unpaired) electrons. The van der Waals surface area contributed by atoms with E-state index in [4.69, 9.17) is 9.47 Å². The van der Waals surface area contributed by atoms with Gasteiger partial charge in [-0.25, -0.2) is 8.42 Å². The van der Waals surface area contributed by atoms with Crippen LogP contribution in [0.4, 0.5) is 0 Å². The average molecular weight is 356 g/mol. The van der Waals surface area contributed by atoms with Crippen LogP contribution in [0.25, 0.3) is 0 Å². The molecular weight excluding hydrogens is 326 g/mol. The van der Waals surface area contributed by atoms with Gasteiger partial charge in [0.25, 0.3) is 0 Å². The Balaban J connectivity index is 2.45. The van der Waals surface area contributed by atoms with Crippen LogP contribution in [0.5, 0.6) is 5.75 Å². The fourth-order valence-electron chi connectivity index (χ4n) is 2.87. The monoisotopic (exact) mass is 355 g/mol. The van der Waals surface area contributed by atoms with Gasteiger partial charge in [-0.15, -0.1) is 0 Å². The lowest BCUT2D eigenvalue weighted by molar-refractivity contribution is 0.0729. The highest BCUT2D eigenvalue weighted by Crippen LogP contribution is 2.33. The Kier molecular flexibility index (Phi) is 6.66. The number of benzene rings is 1. The molecule has 0 N–H and O–H groups in total. The van der Waals surface area contributed by atoms with E-state index in [9.17, 15) is 8.42 Å². The second-order valence-corrected chi connectivity index (χ2v) is 8.44. The predicted molar refractivity (Wildman–Crippen MR) is 95.2 cm³/mol. The molecule has 0 spiro atoms. The second-order valence-electron chi connectivity index (χ2n) is 6.53. The number of nitrogens with zero attached hydrogens (tertiary/aromatic N) is 1. The minimum atomic E-state index is -3.57. The molecule has 0 amide bonds. The lowest BCUT2D eigenvalue weighted by Gasteiger charge is -2.27. The largest absolute Gasteiger partial charge is 0.492 e. The highest BCUT2D eigenvalue weighted by atomic mass is 32.2. The summed E-state index contributed by atoms with van der Waals surface area (Å²) in [6.07, 6.45) is 1.91. The third kappa shape index (κ3) is 4.29. The van der Waals surface area contributed by atoms with Crippen molar-refractivity contribution in [3.05, 3.63) is 23.3 Å². The molecule has 1 aliphatic heterocycles. The molecule has 0 unspecified atom stereocenters. The van der Waals surface area contributed by atoms with E-state index in [1.807, 2.05) is 13.0 Å². The Bertz CT molecular complexity index is 649. The highest BCUT2D eigenvalue weighted by Gasteiger charge is 2.30. The minimum absolute atomic E-state index is 0.258. The molecule has 0 saturated carbocycles. The Labute approximate surface area is 146 Å². The van der Waals surface area contributed by atoms with Crippen molar-refractivity contribution in [1.29, 1.82) is 0 Å². The maximum atomic E-state index is 13.1. The maximum absolute atomic E-state index is 13.1. The molecule has 0 bridgehead atoms. The maximum Gasteiger partial charge on any atom is 0.246 e. The third-order valence-electron chi connectivity index (χ3n) is 4.30. The molecule has 24 heavy (non-hydrogen) atoms. The van der Waals surface area contributed by atoms with Crippen LogP contribution in [0, 0.1) is 6.92 Å². The van der Waals surface area contributed by atoms with Crippen molar-refractivity contribution in [3.8, 4) is 5.75 Å². The van der Waals surface area contributed by atoms with Crippen LogP contribution in [0.2, 0.25) is 0 Å². The number of hydrogen-bond donors (Lipinski definition) is 0. The number of hydrogen-bond acceptors (Lipinski definition) is 4. The molecule has 1 aliphatic rings. The predicted octanol–water partition coefficient (Wildman–Crippen LogP) is 3.32. The van der Waals surface area contributed by atoms with Crippen molar-refractivity contribution in [2.24, 2.45) is 0 Å². The first-order chi connectivity index (χ1) is 11.4. The van der Waals surface area contributed by atoms with Crippen LogP contribution in [0.3, 0.4) is 0 Å². The summed E-state index contributed by atoms with van der Waals surface area (Å²) in [5.41, 5.74) is 2.11. The van der Waals surface area contributed by atoms with Crippen molar-refractivity contribution < 1.29 is 17.9 Å². The first-order valence-corrected chi connectivity index (χ1v) is 10.2. The summed E-state index contributed by atoms with van der Waals surface area (Å²) in [5.74, 6) is 0.727. The molecule has 6 heteroatoms. The Morgan fingerprint density at radius 2 is 1.92 bits per heavy atom. The van der Waals surface area contributed by atoms with E-state index >= 15 is 0 Å². The van der Waals surface area contributed by atoms with Crippen molar-refractivity contribution >= 4 is 10.0 Å². The quantitative estimate of drug-likeness (QED) is 0.704. The normalized spacial score (nSPS) is 16.5. The van der Waals surface area contributed by atoms with Crippen LogP contribution in [0.15, 0.2) is 17.0 Å². The van der Waals surface area contributed by atoms with Gasteiger partial charge >= 0.3 is 0 Å². The van der Waals surface area contributed by atoms with Gasteiger partial charge in [-0.3, -0.25) is 0 Å². The summed E-state index contributed by atoms with van der Waals surface area (Å²) >= 11 is 0. The summed E-state index contributed by atoms with van der Waals surface area (Å²) in [6, 6.07) is 3.67. The lowest BCUT2D eigenvalue weighted by Crippen LogP contribution is -2.40. The molecule has 0 aliphatic carbocycles. The second kappa shape index (κ2) is 8.32. The van der Waals surface area contributed by atoms with Crippen LogP contribution in [0.1, 0.15) is 50.7 Å². The number of aryl methyl sites for hydroxylation is 1. The molecule has 136 valence electrons. The zero-order valence-electron chi connectivity index (χ0n) is 15.2. The van der Waals surface area contributed by atoms with Crippen molar-refractivity contribution in [2.75, 3.05) is 32.9 Å². The van der Waals surface area contributed by atoms with E-state index in [1.165, 1.54) is 4.31 Å². The first-order valence-electron chi connectivity index (χ1n) is 8.73. The number of morpholine rings is 1. The molecule has 2 rings (SSSR count). The van der Waals surface area contributed by atoms with Crippen LogP contribution >= 0.6 is 0 Å². The van der Waals surface area contributed by atoms with Crippen LogP contribution < -0.4 is 4.74 Å². The highest BCUT2D eigenvalue weighted by molar-refractivity contribution is 7.89. The first kappa shape index (κ1) is 19.2. The molecule has 1 aromatic carbocycles. The fraction of sp³-hybridized carbons (Fsp3) is 0.667. The van der Waals surface area contributed by atoms with Gasteiger partial charge < -0.3 is 9.47 Å². The van der Waals surface area contributed by atoms with Gasteiger partial charge in [-0.05, 0) is 42.5 Å². The van der Waals surface area contributed by atoms with Crippen LogP contribution in [-0.2, 0) is 14.8 Å². The molecular formula is C18H29NO4S. The third-order valence-corrected chi connectivity index (χ3v) is 6.22. The van der Waals surface area contributed by atoms with E-state index in [0.29, 0.717) is 38.7 Å². The van der Waals surface area contributed by atoms with Gasteiger partial charge in [0.1, 0.15) is 10.6 Å². The van der Waals surface area contributed by atoms with Gasteiger partial charge in [0.15, 0.2) is 0 Å². The Morgan fingerprint density at radius 3 is 2.50 bits per heavy atom. The summed E-state index contributed by atoms with van der Waals surface area (Å²) in [4.78, 5) is 0.287. The Hall–Kier alpha value is -1.11. The van der Waals surface area contributed by atoms with E-state index in [2.05, 4.69) is 20.8 Å². The van der Waals surface area contributed by atoms with Gasteiger partial charge in [-0.2, -0.15) is 4.31 Å². The number of ether oxygens (including phenoxy) is 2. The summed E-state index contributed by atoms with van der Waals surface area (Å²) in [7, 11) is -3.57. The summed E-state index contributed by atoms with van der Waals surface area (Å²) in [6.45, 7) is 10.4. The lowest BCUT2D eigenvalue weighted by atomic mass is 9.98. The number of sulfonamides is 1. The SMILES string of the molecule is CCCCOc1cc(C)c(C(C)C)cc1S(=O)(=O)N1CCOCC1. The zero-order valence-corrected chi connectivity index (χ0v) is 16.0. The Morgan fingerprint density at radius 1 is 1.25 bits per heavy atom.